The van der Waals surface area contributed by atoms with Crippen LogP contribution < -0.4 is 9.47 Å². The lowest BCUT2D eigenvalue weighted by molar-refractivity contribution is 0.302. The van der Waals surface area contributed by atoms with E-state index in [-0.39, 0.29) is 0 Å². The molecule has 3 aromatic carbocycles. The van der Waals surface area contributed by atoms with Crippen molar-refractivity contribution >= 4 is 55.1 Å². The zero-order valence-corrected chi connectivity index (χ0v) is 19.4. The molecule has 0 amide bonds. The summed E-state index contributed by atoms with van der Waals surface area (Å²) in [5.41, 5.74) is 3.27. The molecule has 0 saturated carbocycles. The molecule has 0 saturated heterocycles. The Labute approximate surface area is 191 Å². The number of ether oxygens (including phenoxy) is 2. The Hall–Kier alpha value is -2.26. The zero-order valence-electron chi connectivity index (χ0n) is 15.5. The Bertz CT molecular complexity index is 1050. The van der Waals surface area contributed by atoms with Gasteiger partial charge >= 0.3 is 0 Å². The van der Waals surface area contributed by atoms with Gasteiger partial charge in [-0.15, -0.1) is 0 Å². The molecule has 0 N–H and O–H groups in total. The van der Waals surface area contributed by atoms with E-state index < -0.39 is 0 Å². The minimum absolute atomic E-state index is 0.416. The Morgan fingerprint density at radius 1 is 1.03 bits per heavy atom. The summed E-state index contributed by atoms with van der Waals surface area (Å²) < 4.78 is 12.7. The van der Waals surface area contributed by atoms with Gasteiger partial charge in [-0.25, -0.2) is 0 Å². The highest BCUT2D eigenvalue weighted by molar-refractivity contribution is 9.11. The van der Waals surface area contributed by atoms with Gasteiger partial charge in [-0.1, -0.05) is 23.7 Å². The molecule has 0 aromatic heterocycles. The van der Waals surface area contributed by atoms with Gasteiger partial charge < -0.3 is 9.47 Å². The lowest BCUT2D eigenvalue weighted by atomic mass is 10.0. The second-order valence-electron chi connectivity index (χ2n) is 6.13. The van der Waals surface area contributed by atoms with Crippen LogP contribution >= 0.6 is 43.5 Å². The number of nitriles is 1. The smallest absolute Gasteiger partial charge is 0.148 e. The fourth-order valence-corrected chi connectivity index (χ4v) is 4.23. The van der Waals surface area contributed by atoms with Crippen molar-refractivity contribution in [1.29, 1.82) is 5.26 Å². The van der Waals surface area contributed by atoms with Crippen molar-refractivity contribution < 1.29 is 9.47 Å². The average Bonchev–Trinajstić information content (AvgIpc) is 2.73. The molecule has 0 fully saturated rings. The minimum Gasteiger partial charge on any atom is -0.497 e. The molecule has 0 aliphatic heterocycles. The van der Waals surface area contributed by atoms with E-state index in [0.29, 0.717) is 23.0 Å². The molecule has 0 aliphatic carbocycles. The predicted octanol–water partition coefficient (Wildman–Crippen LogP) is 7.52. The summed E-state index contributed by atoms with van der Waals surface area (Å²) in [7, 11) is 1.61. The van der Waals surface area contributed by atoms with Gasteiger partial charge in [0.25, 0.3) is 0 Å². The topological polar surface area (TPSA) is 42.2 Å². The Morgan fingerprint density at radius 2 is 1.66 bits per heavy atom. The number of hydrogen-bond acceptors (Lipinski definition) is 3. The van der Waals surface area contributed by atoms with Crippen LogP contribution in [0.4, 0.5) is 0 Å². The summed E-state index contributed by atoms with van der Waals surface area (Å²) in [6, 6.07) is 21.0. The van der Waals surface area contributed by atoms with Crippen molar-refractivity contribution in [3.8, 4) is 17.6 Å². The van der Waals surface area contributed by atoms with E-state index in [0.717, 1.165) is 31.4 Å². The molecule has 3 rings (SSSR count). The van der Waals surface area contributed by atoms with Crippen molar-refractivity contribution in [2.24, 2.45) is 0 Å². The third-order valence-corrected chi connectivity index (χ3v) is 5.58. The minimum atomic E-state index is 0.416. The van der Waals surface area contributed by atoms with Gasteiger partial charge in [0.2, 0.25) is 0 Å². The highest BCUT2D eigenvalue weighted by atomic mass is 79.9. The van der Waals surface area contributed by atoms with Gasteiger partial charge in [-0.05, 0) is 103 Å². The van der Waals surface area contributed by atoms with E-state index in [1.54, 1.807) is 7.11 Å². The third-order valence-electron chi connectivity index (χ3n) is 4.15. The van der Waals surface area contributed by atoms with Gasteiger partial charge in [-0.3, -0.25) is 0 Å². The first-order valence-corrected chi connectivity index (χ1v) is 10.6. The lowest BCUT2D eigenvalue weighted by Crippen LogP contribution is -1.97. The van der Waals surface area contributed by atoms with Gasteiger partial charge in [-0.2, -0.15) is 5.26 Å². The molecule has 0 spiro atoms. The van der Waals surface area contributed by atoms with Crippen molar-refractivity contribution in [2.75, 3.05) is 7.11 Å². The first-order chi connectivity index (χ1) is 14.0. The fraction of sp³-hybridized carbons (Fsp3) is 0.0870. The molecule has 0 heterocycles. The lowest BCUT2D eigenvalue weighted by Gasteiger charge is -2.12. The van der Waals surface area contributed by atoms with Crippen LogP contribution in [-0.4, -0.2) is 7.11 Å². The van der Waals surface area contributed by atoms with Crippen LogP contribution in [0.1, 0.15) is 16.7 Å². The summed E-state index contributed by atoms with van der Waals surface area (Å²) in [5.74, 6) is 1.44. The van der Waals surface area contributed by atoms with Crippen LogP contribution in [0.3, 0.4) is 0 Å². The first-order valence-electron chi connectivity index (χ1n) is 8.62. The second kappa shape index (κ2) is 9.98. The molecule has 3 nitrogen and oxygen atoms in total. The van der Waals surface area contributed by atoms with E-state index in [1.807, 2.05) is 66.7 Å². The Kier molecular flexibility index (Phi) is 7.38. The van der Waals surface area contributed by atoms with Crippen LogP contribution in [-0.2, 0) is 6.61 Å². The monoisotopic (exact) mass is 531 g/mol. The summed E-state index contributed by atoms with van der Waals surface area (Å²) in [4.78, 5) is 0. The van der Waals surface area contributed by atoms with E-state index >= 15 is 0 Å². The maximum atomic E-state index is 9.58. The molecule has 3 aromatic rings. The number of halogens is 3. The molecule has 0 unspecified atom stereocenters. The number of allylic oxidation sites excluding steroid dienone is 1. The largest absolute Gasteiger partial charge is 0.497 e. The molecule has 0 atom stereocenters. The highest BCUT2D eigenvalue weighted by Gasteiger charge is 2.10. The molecular weight excluding hydrogens is 518 g/mol. The van der Waals surface area contributed by atoms with E-state index in [4.69, 9.17) is 21.1 Å². The summed E-state index contributed by atoms with van der Waals surface area (Å²) in [6.45, 7) is 0.416. The summed E-state index contributed by atoms with van der Waals surface area (Å²) in [5, 5.41) is 10.3. The zero-order chi connectivity index (χ0) is 20.8. The van der Waals surface area contributed by atoms with Gasteiger partial charge in [0.1, 0.15) is 18.1 Å². The molecule has 6 heteroatoms. The van der Waals surface area contributed by atoms with Crippen molar-refractivity contribution in [3.05, 3.63) is 91.3 Å². The average molecular weight is 534 g/mol. The molecule has 146 valence electrons. The molecular formula is C23H16Br2ClNO2. The molecule has 0 aliphatic rings. The van der Waals surface area contributed by atoms with E-state index in [9.17, 15) is 5.26 Å². The number of rotatable bonds is 6. The fourth-order valence-electron chi connectivity index (χ4n) is 2.65. The van der Waals surface area contributed by atoms with Crippen molar-refractivity contribution in [2.45, 2.75) is 6.61 Å². The van der Waals surface area contributed by atoms with Gasteiger partial charge in [0, 0.05) is 5.02 Å². The summed E-state index contributed by atoms with van der Waals surface area (Å²) >= 11 is 13.0. The van der Waals surface area contributed by atoms with Crippen LogP contribution in [0.15, 0.2) is 69.6 Å². The Balaban J connectivity index is 1.82. The first kappa shape index (κ1) is 21.4. The Morgan fingerprint density at radius 3 is 2.21 bits per heavy atom. The maximum Gasteiger partial charge on any atom is 0.148 e. The number of hydrogen-bond donors (Lipinski definition) is 0. The van der Waals surface area contributed by atoms with Crippen molar-refractivity contribution in [1.82, 2.24) is 0 Å². The second-order valence-corrected chi connectivity index (χ2v) is 8.27. The number of benzene rings is 3. The standard InChI is InChI=1S/C23H16Br2ClNO2/c1-28-20-8-4-17(5-9-20)18(13-27)10-16-11-21(24)23(22(25)12-16)29-14-15-2-6-19(26)7-3-15/h2-12H,14H2,1H3/b18-10+. The predicted molar refractivity (Wildman–Crippen MR) is 124 cm³/mol. The van der Waals surface area contributed by atoms with Crippen LogP contribution in [0.25, 0.3) is 11.6 Å². The van der Waals surface area contributed by atoms with Crippen LogP contribution in [0.2, 0.25) is 5.02 Å². The third kappa shape index (κ3) is 5.63. The quantitative estimate of drug-likeness (QED) is 0.243. The SMILES string of the molecule is COc1ccc(/C(C#N)=C/c2cc(Br)c(OCc3ccc(Cl)cc3)c(Br)c2)cc1. The normalized spacial score (nSPS) is 11.1. The van der Waals surface area contributed by atoms with Crippen LogP contribution in [0, 0.1) is 11.3 Å². The molecule has 0 radical (unpaired) electrons. The molecule has 29 heavy (non-hydrogen) atoms. The summed E-state index contributed by atoms with van der Waals surface area (Å²) in [6.07, 6.45) is 1.83. The number of nitrogens with zero attached hydrogens (tertiary/aromatic N) is 1. The molecule has 0 bridgehead atoms. The van der Waals surface area contributed by atoms with Gasteiger partial charge in [0.05, 0.1) is 27.7 Å². The number of methoxy groups -OCH3 is 1. The van der Waals surface area contributed by atoms with E-state index in [1.165, 1.54) is 0 Å². The van der Waals surface area contributed by atoms with Crippen LogP contribution in [0.5, 0.6) is 11.5 Å². The highest BCUT2D eigenvalue weighted by Crippen LogP contribution is 2.36. The van der Waals surface area contributed by atoms with E-state index in [2.05, 4.69) is 37.9 Å². The van der Waals surface area contributed by atoms with Crippen molar-refractivity contribution in [3.63, 3.8) is 0 Å². The van der Waals surface area contributed by atoms with Gasteiger partial charge in [0.15, 0.2) is 0 Å². The maximum absolute atomic E-state index is 9.58.